The molecule has 106 valence electrons. The van der Waals surface area contributed by atoms with Crippen LogP contribution in [0.2, 0.25) is 0 Å². The van der Waals surface area contributed by atoms with Gasteiger partial charge in [-0.1, -0.05) is 0 Å². The minimum absolute atomic E-state index is 0.273. The molecule has 0 spiro atoms. The van der Waals surface area contributed by atoms with Gasteiger partial charge in [0.25, 0.3) is 0 Å². The standard InChI is InChI=1S/C16H15N3O2/c1-9-5-12(17)16-18-15(10(2)19(16)7-9)11-3-4-13-14(6-11)21-8-20-13/h3-7H,8,17H2,1-2H3. The van der Waals surface area contributed by atoms with Crippen LogP contribution in [0.15, 0.2) is 30.5 Å². The zero-order valence-corrected chi connectivity index (χ0v) is 11.9. The molecule has 21 heavy (non-hydrogen) atoms. The molecular weight excluding hydrogens is 266 g/mol. The fourth-order valence-corrected chi connectivity index (χ4v) is 2.74. The molecule has 0 fully saturated rings. The van der Waals surface area contributed by atoms with Crippen molar-refractivity contribution in [3.8, 4) is 22.8 Å². The van der Waals surface area contributed by atoms with E-state index in [0.717, 1.165) is 39.7 Å². The number of aryl methyl sites for hydroxylation is 2. The maximum absolute atomic E-state index is 6.08. The number of nitrogens with two attached hydrogens (primary N) is 1. The number of fused-ring (bicyclic) bond motifs is 2. The van der Waals surface area contributed by atoms with E-state index in [9.17, 15) is 0 Å². The van der Waals surface area contributed by atoms with Crippen molar-refractivity contribution in [1.29, 1.82) is 0 Å². The lowest BCUT2D eigenvalue weighted by Gasteiger charge is -2.02. The maximum Gasteiger partial charge on any atom is 0.231 e. The molecule has 1 aliphatic heterocycles. The lowest BCUT2D eigenvalue weighted by molar-refractivity contribution is 0.174. The fourth-order valence-electron chi connectivity index (χ4n) is 2.74. The minimum atomic E-state index is 0.273. The number of aromatic nitrogens is 2. The normalized spacial score (nSPS) is 13.0. The van der Waals surface area contributed by atoms with E-state index in [1.54, 1.807) is 0 Å². The summed E-state index contributed by atoms with van der Waals surface area (Å²) < 4.78 is 12.8. The number of imidazole rings is 1. The summed E-state index contributed by atoms with van der Waals surface area (Å²) in [5.41, 5.74) is 11.6. The number of nitrogen functional groups attached to an aromatic ring is 1. The first kappa shape index (κ1) is 12.1. The van der Waals surface area contributed by atoms with E-state index in [4.69, 9.17) is 20.2 Å². The third-order valence-corrected chi connectivity index (χ3v) is 3.77. The molecule has 3 heterocycles. The molecule has 4 rings (SSSR count). The van der Waals surface area contributed by atoms with Gasteiger partial charge < -0.3 is 19.6 Å². The van der Waals surface area contributed by atoms with Crippen LogP contribution in [-0.4, -0.2) is 16.2 Å². The Morgan fingerprint density at radius 2 is 1.95 bits per heavy atom. The number of hydrogen-bond donors (Lipinski definition) is 1. The molecule has 2 aromatic heterocycles. The number of hydrogen-bond acceptors (Lipinski definition) is 4. The summed E-state index contributed by atoms with van der Waals surface area (Å²) in [7, 11) is 0. The van der Waals surface area contributed by atoms with Crippen LogP contribution in [0.5, 0.6) is 11.5 Å². The van der Waals surface area contributed by atoms with Crippen LogP contribution < -0.4 is 15.2 Å². The largest absolute Gasteiger partial charge is 0.454 e. The Kier molecular flexibility index (Phi) is 2.39. The van der Waals surface area contributed by atoms with Crippen LogP contribution in [0.1, 0.15) is 11.3 Å². The lowest BCUT2D eigenvalue weighted by Crippen LogP contribution is -1.95. The van der Waals surface area contributed by atoms with Crippen LogP contribution in [0.25, 0.3) is 16.9 Å². The summed E-state index contributed by atoms with van der Waals surface area (Å²) in [6.45, 7) is 4.34. The molecule has 1 aliphatic rings. The van der Waals surface area contributed by atoms with E-state index in [1.165, 1.54) is 0 Å². The highest BCUT2D eigenvalue weighted by Gasteiger charge is 2.17. The summed E-state index contributed by atoms with van der Waals surface area (Å²) in [6.07, 6.45) is 2.05. The molecule has 0 saturated carbocycles. The predicted octanol–water partition coefficient (Wildman–Crippen LogP) is 2.93. The van der Waals surface area contributed by atoms with E-state index in [-0.39, 0.29) is 6.79 Å². The molecule has 0 atom stereocenters. The molecule has 0 bridgehead atoms. The third kappa shape index (κ3) is 1.74. The lowest BCUT2D eigenvalue weighted by atomic mass is 10.1. The number of rotatable bonds is 1. The number of ether oxygens (including phenoxy) is 2. The highest BCUT2D eigenvalue weighted by Crippen LogP contribution is 2.37. The van der Waals surface area contributed by atoms with Gasteiger partial charge in [-0.3, -0.25) is 0 Å². The predicted molar refractivity (Wildman–Crippen MR) is 80.6 cm³/mol. The van der Waals surface area contributed by atoms with Crippen molar-refractivity contribution < 1.29 is 9.47 Å². The van der Waals surface area contributed by atoms with Crippen molar-refractivity contribution in [2.24, 2.45) is 0 Å². The molecule has 5 heteroatoms. The fraction of sp³-hybridized carbons (Fsp3) is 0.188. The van der Waals surface area contributed by atoms with Gasteiger partial charge in [0.05, 0.1) is 11.4 Å². The Morgan fingerprint density at radius 1 is 1.14 bits per heavy atom. The average molecular weight is 281 g/mol. The first-order valence-corrected chi connectivity index (χ1v) is 6.78. The first-order chi connectivity index (χ1) is 10.1. The van der Waals surface area contributed by atoms with E-state index in [2.05, 4.69) is 0 Å². The Morgan fingerprint density at radius 3 is 2.81 bits per heavy atom. The number of anilines is 1. The van der Waals surface area contributed by atoms with Crippen LogP contribution >= 0.6 is 0 Å². The Labute approximate surface area is 121 Å². The molecule has 0 amide bonds. The van der Waals surface area contributed by atoms with Gasteiger partial charge in [-0.15, -0.1) is 0 Å². The summed E-state index contributed by atoms with van der Waals surface area (Å²) in [6, 6.07) is 7.80. The number of pyridine rings is 1. The summed E-state index contributed by atoms with van der Waals surface area (Å²) >= 11 is 0. The van der Waals surface area contributed by atoms with Gasteiger partial charge in [-0.05, 0) is 43.7 Å². The smallest absolute Gasteiger partial charge is 0.231 e. The van der Waals surface area contributed by atoms with Gasteiger partial charge in [0, 0.05) is 17.5 Å². The van der Waals surface area contributed by atoms with Crippen molar-refractivity contribution >= 4 is 11.3 Å². The second-order valence-electron chi connectivity index (χ2n) is 5.28. The zero-order chi connectivity index (χ0) is 14.6. The number of benzene rings is 1. The molecule has 0 unspecified atom stereocenters. The first-order valence-electron chi connectivity index (χ1n) is 6.78. The molecule has 1 aromatic carbocycles. The van der Waals surface area contributed by atoms with Crippen molar-refractivity contribution in [3.63, 3.8) is 0 Å². The summed E-state index contributed by atoms with van der Waals surface area (Å²) in [5, 5.41) is 0. The SMILES string of the molecule is Cc1cc(N)c2nc(-c3ccc4c(c3)OCO4)c(C)n2c1. The van der Waals surface area contributed by atoms with E-state index < -0.39 is 0 Å². The molecule has 3 aromatic rings. The van der Waals surface area contributed by atoms with Gasteiger partial charge in [-0.2, -0.15) is 0 Å². The van der Waals surface area contributed by atoms with Crippen LogP contribution in [0.3, 0.4) is 0 Å². The third-order valence-electron chi connectivity index (χ3n) is 3.77. The van der Waals surface area contributed by atoms with Gasteiger partial charge in [0.1, 0.15) is 0 Å². The Balaban J connectivity index is 1.94. The second-order valence-corrected chi connectivity index (χ2v) is 5.28. The Bertz CT molecular complexity index is 868. The summed E-state index contributed by atoms with van der Waals surface area (Å²) in [4.78, 5) is 4.69. The average Bonchev–Trinajstić information content (AvgIpc) is 3.04. The summed E-state index contributed by atoms with van der Waals surface area (Å²) in [5.74, 6) is 1.53. The second kappa shape index (κ2) is 4.15. The molecule has 5 nitrogen and oxygen atoms in total. The molecule has 0 radical (unpaired) electrons. The monoisotopic (exact) mass is 281 g/mol. The van der Waals surface area contributed by atoms with Crippen molar-refractivity contribution in [1.82, 2.24) is 9.38 Å². The van der Waals surface area contributed by atoms with E-state index >= 15 is 0 Å². The van der Waals surface area contributed by atoms with Crippen molar-refractivity contribution in [3.05, 3.63) is 41.7 Å². The molecule has 0 aliphatic carbocycles. The maximum atomic E-state index is 6.08. The van der Waals surface area contributed by atoms with E-state index in [0.29, 0.717) is 5.69 Å². The zero-order valence-electron chi connectivity index (χ0n) is 11.9. The minimum Gasteiger partial charge on any atom is -0.454 e. The quantitative estimate of drug-likeness (QED) is 0.745. The van der Waals surface area contributed by atoms with E-state index in [1.807, 2.05) is 48.7 Å². The molecule has 0 saturated heterocycles. The highest BCUT2D eigenvalue weighted by atomic mass is 16.7. The molecule has 2 N–H and O–H groups in total. The highest BCUT2D eigenvalue weighted by molar-refractivity contribution is 5.75. The van der Waals surface area contributed by atoms with Gasteiger partial charge in [-0.25, -0.2) is 4.98 Å². The van der Waals surface area contributed by atoms with Crippen molar-refractivity contribution in [2.75, 3.05) is 12.5 Å². The van der Waals surface area contributed by atoms with Crippen LogP contribution in [-0.2, 0) is 0 Å². The topological polar surface area (TPSA) is 61.8 Å². The Hall–Kier alpha value is -2.69. The van der Waals surface area contributed by atoms with Crippen LogP contribution in [0.4, 0.5) is 5.69 Å². The van der Waals surface area contributed by atoms with Crippen molar-refractivity contribution in [2.45, 2.75) is 13.8 Å². The van der Waals surface area contributed by atoms with Gasteiger partial charge in [0.15, 0.2) is 17.1 Å². The number of nitrogens with zero attached hydrogens (tertiary/aromatic N) is 2. The van der Waals surface area contributed by atoms with Crippen LogP contribution in [0, 0.1) is 13.8 Å². The molecular formula is C16H15N3O2. The van der Waals surface area contributed by atoms with Gasteiger partial charge >= 0.3 is 0 Å². The van der Waals surface area contributed by atoms with Gasteiger partial charge in [0.2, 0.25) is 6.79 Å².